The van der Waals surface area contributed by atoms with Crippen LogP contribution >= 0.6 is 34.8 Å². The van der Waals surface area contributed by atoms with Crippen molar-refractivity contribution in [3.63, 3.8) is 0 Å². The van der Waals surface area contributed by atoms with E-state index < -0.39 is 0 Å². The van der Waals surface area contributed by atoms with Crippen molar-refractivity contribution >= 4 is 34.8 Å². The molecular formula is C18H19Cl3N2. The number of halogens is 3. The van der Waals surface area contributed by atoms with E-state index in [0.29, 0.717) is 10.0 Å². The summed E-state index contributed by atoms with van der Waals surface area (Å²) in [6, 6.07) is 13.8. The molecule has 0 aromatic heterocycles. The van der Waals surface area contributed by atoms with E-state index >= 15 is 0 Å². The average Bonchev–Trinajstić information content (AvgIpc) is 2.79. The van der Waals surface area contributed by atoms with Gasteiger partial charge < -0.3 is 5.32 Å². The summed E-state index contributed by atoms with van der Waals surface area (Å²) in [5.41, 5.74) is 2.23. The first-order chi connectivity index (χ1) is 11.1. The summed E-state index contributed by atoms with van der Waals surface area (Å²) in [4.78, 5) is 2.46. The van der Waals surface area contributed by atoms with Gasteiger partial charge in [-0.3, -0.25) is 4.90 Å². The monoisotopic (exact) mass is 368 g/mol. The molecule has 0 amide bonds. The summed E-state index contributed by atoms with van der Waals surface area (Å²) in [6.45, 7) is 4.01. The average molecular weight is 370 g/mol. The Hall–Kier alpha value is -0.770. The molecular weight excluding hydrogens is 351 g/mol. The first kappa shape index (κ1) is 17.1. The lowest BCUT2D eigenvalue weighted by atomic mass is 9.96. The Morgan fingerprint density at radius 2 is 1.74 bits per heavy atom. The van der Waals surface area contributed by atoms with Crippen LogP contribution in [0.2, 0.25) is 15.1 Å². The van der Waals surface area contributed by atoms with E-state index in [1.54, 1.807) is 0 Å². The van der Waals surface area contributed by atoms with Crippen molar-refractivity contribution in [2.45, 2.75) is 12.5 Å². The second-order valence-corrected chi connectivity index (χ2v) is 7.04. The molecule has 5 heteroatoms. The van der Waals surface area contributed by atoms with Crippen molar-refractivity contribution in [3.05, 3.63) is 68.7 Å². The Bertz CT molecular complexity index is 667. The number of nitrogens with one attached hydrogen (secondary N) is 1. The normalized spacial score (nSPS) is 17.7. The number of rotatable bonds is 3. The van der Waals surface area contributed by atoms with Crippen LogP contribution in [-0.2, 0) is 0 Å². The SMILES string of the molecule is Clc1cccc(C(c2ccc(Cl)cc2Cl)N2CCCNCC2)c1. The molecule has 1 aliphatic heterocycles. The lowest BCUT2D eigenvalue weighted by Crippen LogP contribution is -2.33. The first-order valence-electron chi connectivity index (χ1n) is 7.80. The van der Waals surface area contributed by atoms with Crippen molar-refractivity contribution in [1.29, 1.82) is 0 Å². The maximum Gasteiger partial charge on any atom is 0.0617 e. The van der Waals surface area contributed by atoms with Crippen molar-refractivity contribution < 1.29 is 0 Å². The van der Waals surface area contributed by atoms with Crippen LogP contribution < -0.4 is 5.32 Å². The second-order valence-electron chi connectivity index (χ2n) is 5.76. The summed E-state index contributed by atoms with van der Waals surface area (Å²) in [7, 11) is 0. The lowest BCUT2D eigenvalue weighted by molar-refractivity contribution is 0.241. The zero-order chi connectivity index (χ0) is 16.2. The predicted octanol–water partition coefficient (Wildman–Crippen LogP) is 5.03. The Morgan fingerprint density at radius 1 is 0.913 bits per heavy atom. The minimum Gasteiger partial charge on any atom is -0.315 e. The summed E-state index contributed by atoms with van der Waals surface area (Å²) in [5.74, 6) is 0. The molecule has 1 aliphatic rings. The summed E-state index contributed by atoms with van der Waals surface area (Å²) < 4.78 is 0. The highest BCUT2D eigenvalue weighted by Gasteiger charge is 2.25. The van der Waals surface area contributed by atoms with Crippen molar-refractivity contribution in [1.82, 2.24) is 10.2 Å². The van der Waals surface area contributed by atoms with Crippen LogP contribution in [0.4, 0.5) is 0 Å². The molecule has 0 spiro atoms. The minimum atomic E-state index is 0.0818. The second kappa shape index (κ2) is 7.87. The third kappa shape index (κ3) is 4.20. The van der Waals surface area contributed by atoms with Gasteiger partial charge in [0.15, 0.2) is 0 Å². The number of nitrogens with zero attached hydrogens (tertiary/aromatic N) is 1. The maximum atomic E-state index is 6.51. The van der Waals surface area contributed by atoms with Crippen LogP contribution in [0.25, 0.3) is 0 Å². The molecule has 1 unspecified atom stereocenters. The predicted molar refractivity (Wildman–Crippen MR) is 98.8 cm³/mol. The molecule has 122 valence electrons. The largest absolute Gasteiger partial charge is 0.315 e. The van der Waals surface area contributed by atoms with Crippen LogP contribution in [-0.4, -0.2) is 31.1 Å². The molecule has 2 nitrogen and oxygen atoms in total. The molecule has 0 saturated carbocycles. The molecule has 1 fully saturated rings. The van der Waals surface area contributed by atoms with Gasteiger partial charge in [-0.15, -0.1) is 0 Å². The summed E-state index contributed by atoms with van der Waals surface area (Å²) in [6.07, 6.45) is 1.11. The van der Waals surface area contributed by atoms with Gasteiger partial charge in [0.05, 0.1) is 6.04 Å². The van der Waals surface area contributed by atoms with Gasteiger partial charge in [0, 0.05) is 34.7 Å². The maximum absolute atomic E-state index is 6.51. The molecule has 23 heavy (non-hydrogen) atoms. The van der Waals surface area contributed by atoms with Gasteiger partial charge in [0.2, 0.25) is 0 Å². The molecule has 1 heterocycles. The van der Waals surface area contributed by atoms with E-state index in [9.17, 15) is 0 Å². The molecule has 0 radical (unpaired) electrons. The van der Waals surface area contributed by atoms with Gasteiger partial charge >= 0.3 is 0 Å². The topological polar surface area (TPSA) is 15.3 Å². The van der Waals surface area contributed by atoms with Crippen LogP contribution in [0, 0.1) is 0 Å². The van der Waals surface area contributed by atoms with Crippen LogP contribution in [0.5, 0.6) is 0 Å². The Morgan fingerprint density at radius 3 is 2.52 bits per heavy atom. The molecule has 1 N–H and O–H groups in total. The highest BCUT2D eigenvalue weighted by Crippen LogP contribution is 2.35. The van der Waals surface area contributed by atoms with Gasteiger partial charge in [-0.2, -0.15) is 0 Å². The van der Waals surface area contributed by atoms with Crippen molar-refractivity contribution in [2.24, 2.45) is 0 Å². The Labute approximate surface area is 152 Å². The molecule has 2 aromatic rings. The Balaban J connectivity index is 2.05. The van der Waals surface area contributed by atoms with Gasteiger partial charge in [0.25, 0.3) is 0 Å². The van der Waals surface area contributed by atoms with E-state index in [4.69, 9.17) is 34.8 Å². The molecule has 1 atom stereocenters. The van der Waals surface area contributed by atoms with Crippen LogP contribution in [0.3, 0.4) is 0 Å². The fourth-order valence-electron chi connectivity index (χ4n) is 3.11. The van der Waals surface area contributed by atoms with Crippen molar-refractivity contribution in [3.8, 4) is 0 Å². The van der Waals surface area contributed by atoms with E-state index in [1.165, 1.54) is 0 Å². The highest BCUT2D eigenvalue weighted by atomic mass is 35.5. The summed E-state index contributed by atoms with van der Waals surface area (Å²) in [5, 5.41) is 5.54. The Kier molecular flexibility index (Phi) is 5.84. The molecule has 2 aromatic carbocycles. The fourth-order valence-corrected chi connectivity index (χ4v) is 3.82. The fraction of sp³-hybridized carbons (Fsp3) is 0.333. The molecule has 0 bridgehead atoms. The van der Waals surface area contributed by atoms with E-state index in [1.807, 2.05) is 36.4 Å². The zero-order valence-corrected chi connectivity index (χ0v) is 15.0. The van der Waals surface area contributed by atoms with E-state index in [-0.39, 0.29) is 6.04 Å². The molecule has 0 aliphatic carbocycles. The number of hydrogen-bond donors (Lipinski definition) is 1. The van der Waals surface area contributed by atoms with E-state index in [2.05, 4.69) is 16.3 Å². The van der Waals surface area contributed by atoms with Crippen molar-refractivity contribution in [2.75, 3.05) is 26.2 Å². The van der Waals surface area contributed by atoms with Crippen LogP contribution in [0.15, 0.2) is 42.5 Å². The number of benzene rings is 2. The highest BCUT2D eigenvalue weighted by molar-refractivity contribution is 6.35. The zero-order valence-electron chi connectivity index (χ0n) is 12.7. The van der Waals surface area contributed by atoms with Crippen LogP contribution in [0.1, 0.15) is 23.6 Å². The van der Waals surface area contributed by atoms with Gasteiger partial charge in [-0.1, -0.05) is 53.0 Å². The quantitative estimate of drug-likeness (QED) is 0.816. The molecule has 3 rings (SSSR count). The smallest absolute Gasteiger partial charge is 0.0617 e. The minimum absolute atomic E-state index is 0.0818. The number of hydrogen-bond acceptors (Lipinski definition) is 2. The third-order valence-corrected chi connectivity index (χ3v) is 4.96. The van der Waals surface area contributed by atoms with Gasteiger partial charge in [-0.25, -0.2) is 0 Å². The standard InChI is InChI=1S/C18H19Cl3N2/c19-14-4-1-3-13(11-14)18(23-9-2-7-22-8-10-23)16-6-5-15(20)12-17(16)21/h1,3-6,11-12,18,22H,2,7-10H2. The van der Waals surface area contributed by atoms with Gasteiger partial charge in [-0.05, 0) is 48.4 Å². The molecule has 1 saturated heterocycles. The lowest BCUT2D eigenvalue weighted by Gasteiger charge is -2.32. The third-order valence-electron chi connectivity index (χ3n) is 4.16. The van der Waals surface area contributed by atoms with E-state index in [0.717, 1.165) is 48.7 Å². The van der Waals surface area contributed by atoms with Gasteiger partial charge in [0.1, 0.15) is 0 Å². The first-order valence-corrected chi connectivity index (χ1v) is 8.94. The summed E-state index contributed by atoms with van der Waals surface area (Å²) >= 11 is 18.8.